The molecule has 2 bridgehead atoms. The van der Waals surface area contributed by atoms with Gasteiger partial charge in [-0.25, -0.2) is 0 Å². The monoisotopic (exact) mass is 414 g/mol. The Kier molecular flexibility index (Phi) is 6.22. The molecule has 1 N–H and O–H groups in total. The molecule has 1 aromatic rings. The van der Waals surface area contributed by atoms with Gasteiger partial charge in [0.25, 0.3) is 0 Å². The first-order valence-corrected chi connectivity index (χ1v) is 12.1. The number of rotatable bonds is 6. The third kappa shape index (κ3) is 4.07. The summed E-state index contributed by atoms with van der Waals surface area (Å²) in [4.78, 5) is 2.42. The van der Waals surface area contributed by atoms with E-state index in [1.165, 1.54) is 51.4 Å². The van der Waals surface area contributed by atoms with Crippen molar-refractivity contribution in [3.05, 3.63) is 30.3 Å². The first-order chi connectivity index (χ1) is 13.9. The topological polar surface area (TPSA) is 24.5 Å². The Morgan fingerprint density at radius 2 is 1.83 bits per heavy atom. The van der Waals surface area contributed by atoms with Crippen molar-refractivity contribution in [2.24, 2.45) is 16.7 Å². The molecule has 3 aliphatic rings. The molecule has 3 unspecified atom stereocenters. The van der Waals surface area contributed by atoms with Gasteiger partial charge >= 0.3 is 0 Å². The Hall–Kier alpha value is -1.13. The van der Waals surface area contributed by atoms with Crippen LogP contribution in [0.25, 0.3) is 0 Å². The van der Waals surface area contributed by atoms with E-state index < -0.39 is 0 Å². The molecule has 4 rings (SSSR count). The van der Waals surface area contributed by atoms with E-state index in [2.05, 4.69) is 55.3 Å². The number of nitrogens with one attached hydrogen (secondary N) is 1. The molecule has 0 aromatic heterocycles. The number of hydrogen-bond acceptors (Lipinski definition) is 2. The fraction of sp³-hybridized carbons (Fsp3) is 0.720. The first-order valence-electron chi connectivity index (χ1n) is 11.7. The molecule has 0 amide bonds. The fourth-order valence-electron chi connectivity index (χ4n) is 6.24. The van der Waals surface area contributed by atoms with Crippen molar-refractivity contribution in [3.8, 4) is 0 Å². The summed E-state index contributed by atoms with van der Waals surface area (Å²) < 4.78 is 6.57. The van der Waals surface area contributed by atoms with Gasteiger partial charge in [-0.3, -0.25) is 0 Å². The summed E-state index contributed by atoms with van der Waals surface area (Å²) in [6.07, 6.45) is 10.8. The van der Waals surface area contributed by atoms with Crippen LogP contribution in [-0.4, -0.2) is 35.3 Å². The standard InChI is InChI=1S/C25H38N2OS/c1-24(2)19-14-15-25(24,3)22(18-19)28-17-16-27(21-12-8-5-9-13-21)23(29)26-20-10-6-4-7-11-20/h4,6-7,10-11,19,21-22H,5,8-9,12-18H2,1-3H3,(H,26,29). The Morgan fingerprint density at radius 1 is 1.10 bits per heavy atom. The number of nitrogens with zero attached hydrogens (tertiary/aromatic N) is 1. The zero-order chi connectivity index (χ0) is 20.5. The maximum absolute atomic E-state index is 6.57. The fourth-order valence-corrected chi connectivity index (χ4v) is 6.59. The lowest BCUT2D eigenvalue weighted by Crippen LogP contribution is -2.46. The van der Waals surface area contributed by atoms with Crippen LogP contribution in [0.3, 0.4) is 0 Å². The summed E-state index contributed by atoms with van der Waals surface area (Å²) in [7, 11) is 0. The smallest absolute Gasteiger partial charge is 0.173 e. The van der Waals surface area contributed by atoms with E-state index >= 15 is 0 Å². The Labute approximate surface area is 182 Å². The van der Waals surface area contributed by atoms with Crippen molar-refractivity contribution in [2.45, 2.75) is 84.3 Å². The van der Waals surface area contributed by atoms with E-state index in [0.717, 1.165) is 29.9 Å². The highest BCUT2D eigenvalue weighted by Gasteiger charge is 2.61. The van der Waals surface area contributed by atoms with E-state index in [9.17, 15) is 0 Å². The predicted molar refractivity (Wildman–Crippen MR) is 125 cm³/mol. The minimum atomic E-state index is 0.329. The van der Waals surface area contributed by atoms with E-state index in [-0.39, 0.29) is 0 Å². The Balaban J connectivity index is 1.37. The maximum atomic E-state index is 6.57. The average Bonchev–Trinajstić information content (AvgIpc) is 3.06. The molecular formula is C25H38N2OS. The van der Waals surface area contributed by atoms with E-state index in [1.54, 1.807) is 0 Å². The summed E-state index contributed by atoms with van der Waals surface area (Å²) in [6, 6.07) is 10.9. The van der Waals surface area contributed by atoms with Crippen LogP contribution in [-0.2, 0) is 4.74 Å². The molecule has 3 atom stereocenters. The third-order valence-electron chi connectivity index (χ3n) is 8.67. The molecule has 160 valence electrons. The minimum absolute atomic E-state index is 0.329. The summed E-state index contributed by atoms with van der Waals surface area (Å²) >= 11 is 5.86. The molecule has 0 saturated heterocycles. The SMILES string of the molecule is CC1(C)C2CCC1(C)C(OCCN(C(=S)Nc1ccccc1)C1CCCCC1)C2. The molecule has 29 heavy (non-hydrogen) atoms. The van der Waals surface area contributed by atoms with Crippen molar-refractivity contribution in [3.63, 3.8) is 0 Å². The zero-order valence-corrected chi connectivity index (χ0v) is 19.3. The lowest BCUT2D eigenvalue weighted by molar-refractivity contribution is -0.0505. The molecule has 0 spiro atoms. The van der Waals surface area contributed by atoms with Gasteiger partial charge in [-0.05, 0) is 73.2 Å². The van der Waals surface area contributed by atoms with Gasteiger partial charge in [-0.1, -0.05) is 58.2 Å². The first kappa shape index (κ1) is 21.1. The van der Waals surface area contributed by atoms with Crippen LogP contribution < -0.4 is 5.32 Å². The van der Waals surface area contributed by atoms with Crippen molar-refractivity contribution < 1.29 is 4.74 Å². The van der Waals surface area contributed by atoms with Crippen LogP contribution in [0.2, 0.25) is 0 Å². The second-order valence-electron chi connectivity index (χ2n) is 10.3. The Morgan fingerprint density at radius 3 is 2.45 bits per heavy atom. The Bertz CT molecular complexity index is 700. The van der Waals surface area contributed by atoms with Gasteiger partial charge in [0, 0.05) is 18.3 Å². The van der Waals surface area contributed by atoms with Crippen LogP contribution in [0.4, 0.5) is 5.69 Å². The molecule has 4 heteroatoms. The number of anilines is 1. The lowest BCUT2D eigenvalue weighted by Gasteiger charge is -2.40. The molecule has 0 radical (unpaired) electrons. The van der Waals surface area contributed by atoms with Crippen molar-refractivity contribution in [1.29, 1.82) is 0 Å². The van der Waals surface area contributed by atoms with Crippen molar-refractivity contribution in [1.82, 2.24) is 4.90 Å². The van der Waals surface area contributed by atoms with Crippen LogP contribution in [0.1, 0.15) is 72.1 Å². The number of para-hydroxylation sites is 1. The maximum Gasteiger partial charge on any atom is 0.173 e. The van der Waals surface area contributed by atoms with E-state index in [1.807, 2.05) is 6.07 Å². The number of fused-ring (bicyclic) bond motifs is 2. The number of benzene rings is 1. The molecule has 0 heterocycles. The third-order valence-corrected chi connectivity index (χ3v) is 9.00. The van der Waals surface area contributed by atoms with Crippen LogP contribution >= 0.6 is 12.2 Å². The van der Waals surface area contributed by atoms with Gasteiger partial charge in [-0.2, -0.15) is 0 Å². The number of hydrogen-bond donors (Lipinski definition) is 1. The molecule has 3 fully saturated rings. The van der Waals surface area contributed by atoms with Gasteiger partial charge in [0.05, 0.1) is 12.7 Å². The average molecular weight is 415 g/mol. The molecule has 3 saturated carbocycles. The summed E-state index contributed by atoms with van der Waals surface area (Å²) in [6.45, 7) is 9.05. The molecule has 3 aliphatic carbocycles. The highest BCUT2D eigenvalue weighted by Crippen LogP contribution is 2.66. The van der Waals surface area contributed by atoms with Crippen LogP contribution in [0.15, 0.2) is 30.3 Å². The second-order valence-corrected chi connectivity index (χ2v) is 10.6. The van der Waals surface area contributed by atoms with Crippen molar-refractivity contribution in [2.75, 3.05) is 18.5 Å². The largest absolute Gasteiger partial charge is 0.376 e. The highest BCUT2D eigenvalue weighted by molar-refractivity contribution is 7.80. The molecule has 3 nitrogen and oxygen atoms in total. The predicted octanol–water partition coefficient (Wildman–Crippen LogP) is 6.25. The summed E-state index contributed by atoms with van der Waals surface area (Å²) in [5.74, 6) is 0.827. The normalized spacial score (nSPS) is 31.0. The van der Waals surface area contributed by atoms with Crippen LogP contribution in [0, 0.1) is 16.7 Å². The van der Waals surface area contributed by atoms with E-state index in [0.29, 0.717) is 23.0 Å². The molecule has 0 aliphatic heterocycles. The van der Waals surface area contributed by atoms with Gasteiger partial charge in [0.2, 0.25) is 0 Å². The quantitative estimate of drug-likeness (QED) is 0.556. The molecular weight excluding hydrogens is 376 g/mol. The summed E-state index contributed by atoms with van der Waals surface area (Å²) in [5, 5.41) is 4.32. The minimum Gasteiger partial charge on any atom is -0.376 e. The number of thiocarbonyl (C=S) groups is 1. The lowest BCUT2D eigenvalue weighted by atomic mass is 9.70. The van der Waals surface area contributed by atoms with Crippen LogP contribution in [0.5, 0.6) is 0 Å². The highest BCUT2D eigenvalue weighted by atomic mass is 32.1. The van der Waals surface area contributed by atoms with Gasteiger partial charge in [-0.15, -0.1) is 0 Å². The zero-order valence-electron chi connectivity index (χ0n) is 18.5. The van der Waals surface area contributed by atoms with Gasteiger partial charge in [0.1, 0.15) is 0 Å². The summed E-state index contributed by atoms with van der Waals surface area (Å²) in [5.41, 5.74) is 1.81. The van der Waals surface area contributed by atoms with Gasteiger partial charge < -0.3 is 15.0 Å². The van der Waals surface area contributed by atoms with Crippen molar-refractivity contribution >= 4 is 23.0 Å². The number of ether oxygens (including phenoxy) is 1. The van der Waals surface area contributed by atoms with E-state index in [4.69, 9.17) is 17.0 Å². The second kappa shape index (κ2) is 8.55. The van der Waals surface area contributed by atoms with Gasteiger partial charge in [0.15, 0.2) is 5.11 Å². The molecule has 1 aromatic carbocycles.